The van der Waals surface area contributed by atoms with Crippen molar-refractivity contribution in [3.8, 4) is 5.75 Å². The van der Waals surface area contributed by atoms with Gasteiger partial charge < -0.3 is 19.8 Å². The summed E-state index contributed by atoms with van der Waals surface area (Å²) in [6.07, 6.45) is 0. The third-order valence-electron chi connectivity index (χ3n) is 4.78. The van der Waals surface area contributed by atoms with Crippen LogP contribution in [0.4, 0.5) is 17.1 Å². The molecule has 0 atom stereocenters. The molecule has 0 bridgehead atoms. The number of non-ortho nitro benzene ring substituents is 1. The SMILES string of the molecule is CCOc1ccc(NC(=O)c2oc3ccccc3c2NC(=O)c2cccc([N+](=O)[O-])c2)cc1. The molecule has 9 heteroatoms. The summed E-state index contributed by atoms with van der Waals surface area (Å²) in [6.45, 7) is 2.40. The lowest BCUT2D eigenvalue weighted by molar-refractivity contribution is -0.384. The van der Waals surface area contributed by atoms with E-state index in [1.165, 1.54) is 18.2 Å². The number of hydrogen-bond donors (Lipinski definition) is 2. The molecule has 4 aromatic rings. The molecule has 0 saturated carbocycles. The summed E-state index contributed by atoms with van der Waals surface area (Å²) in [5.41, 5.74) is 0.953. The van der Waals surface area contributed by atoms with Crippen LogP contribution >= 0.6 is 0 Å². The Labute approximate surface area is 188 Å². The minimum atomic E-state index is -0.611. The van der Waals surface area contributed by atoms with E-state index >= 15 is 0 Å². The van der Waals surface area contributed by atoms with Crippen LogP contribution in [-0.4, -0.2) is 23.3 Å². The summed E-state index contributed by atoms with van der Waals surface area (Å²) in [4.78, 5) is 36.3. The first kappa shape index (κ1) is 21.6. The number of anilines is 2. The summed E-state index contributed by atoms with van der Waals surface area (Å²) >= 11 is 0. The van der Waals surface area contributed by atoms with E-state index in [9.17, 15) is 19.7 Å². The lowest BCUT2D eigenvalue weighted by Gasteiger charge is -2.08. The van der Waals surface area contributed by atoms with Crippen LogP contribution in [0.1, 0.15) is 27.8 Å². The van der Waals surface area contributed by atoms with Crippen molar-refractivity contribution in [3.05, 3.63) is 94.2 Å². The average molecular weight is 445 g/mol. The van der Waals surface area contributed by atoms with Gasteiger partial charge >= 0.3 is 0 Å². The second-order valence-corrected chi connectivity index (χ2v) is 6.98. The van der Waals surface area contributed by atoms with Crippen LogP contribution in [0.3, 0.4) is 0 Å². The van der Waals surface area contributed by atoms with Crippen molar-refractivity contribution in [1.29, 1.82) is 0 Å². The van der Waals surface area contributed by atoms with Gasteiger partial charge in [-0.1, -0.05) is 18.2 Å². The molecule has 0 radical (unpaired) electrons. The van der Waals surface area contributed by atoms with Gasteiger partial charge in [-0.15, -0.1) is 0 Å². The van der Waals surface area contributed by atoms with E-state index in [4.69, 9.17) is 9.15 Å². The van der Waals surface area contributed by atoms with Crippen LogP contribution in [0.25, 0.3) is 11.0 Å². The van der Waals surface area contributed by atoms with Gasteiger partial charge in [-0.3, -0.25) is 19.7 Å². The summed E-state index contributed by atoms with van der Waals surface area (Å²) in [6, 6.07) is 19.0. The predicted octanol–water partition coefficient (Wildman–Crippen LogP) is 5.24. The lowest BCUT2D eigenvalue weighted by Crippen LogP contribution is -2.17. The van der Waals surface area contributed by atoms with Crippen LogP contribution in [0, 0.1) is 10.1 Å². The maximum absolute atomic E-state index is 13.0. The number of para-hydroxylation sites is 1. The standard InChI is InChI=1S/C24H19N3O6/c1-2-32-18-12-10-16(11-13-18)25-24(29)22-21(19-8-3-4-9-20(19)33-22)26-23(28)15-6-5-7-17(14-15)27(30)31/h3-14H,2H2,1H3,(H,25,29)(H,26,28). The molecule has 2 amide bonds. The first-order chi connectivity index (χ1) is 16.0. The van der Waals surface area contributed by atoms with Gasteiger partial charge in [-0.05, 0) is 49.4 Å². The number of nitro groups is 1. The number of ether oxygens (including phenoxy) is 1. The zero-order chi connectivity index (χ0) is 23.4. The van der Waals surface area contributed by atoms with E-state index in [2.05, 4.69) is 10.6 Å². The Morgan fingerprint density at radius 2 is 1.73 bits per heavy atom. The number of amides is 2. The normalized spacial score (nSPS) is 10.6. The molecule has 4 rings (SSSR count). The van der Waals surface area contributed by atoms with E-state index in [-0.39, 0.29) is 22.7 Å². The third-order valence-corrected chi connectivity index (χ3v) is 4.78. The number of furan rings is 1. The van der Waals surface area contributed by atoms with Gasteiger partial charge in [-0.2, -0.15) is 0 Å². The highest BCUT2D eigenvalue weighted by Gasteiger charge is 2.23. The summed E-state index contributed by atoms with van der Waals surface area (Å²) in [5, 5.41) is 17.0. The second-order valence-electron chi connectivity index (χ2n) is 6.98. The molecule has 2 N–H and O–H groups in total. The molecule has 33 heavy (non-hydrogen) atoms. The van der Waals surface area contributed by atoms with Gasteiger partial charge in [0.1, 0.15) is 17.0 Å². The topological polar surface area (TPSA) is 124 Å². The van der Waals surface area contributed by atoms with Crippen LogP contribution in [-0.2, 0) is 0 Å². The van der Waals surface area contributed by atoms with Crippen LogP contribution in [0.5, 0.6) is 5.75 Å². The van der Waals surface area contributed by atoms with Gasteiger partial charge in [0, 0.05) is 28.8 Å². The highest BCUT2D eigenvalue weighted by Crippen LogP contribution is 2.32. The Balaban J connectivity index is 1.64. The second kappa shape index (κ2) is 9.23. The molecule has 0 aliphatic carbocycles. The number of rotatable bonds is 7. The molecule has 9 nitrogen and oxygen atoms in total. The van der Waals surface area contributed by atoms with Gasteiger partial charge in [0.25, 0.3) is 17.5 Å². The number of nitrogens with one attached hydrogen (secondary N) is 2. The fourth-order valence-electron chi connectivity index (χ4n) is 3.26. The molecular weight excluding hydrogens is 426 g/mol. The van der Waals surface area contributed by atoms with Crippen molar-refractivity contribution in [1.82, 2.24) is 0 Å². The molecular formula is C24H19N3O6. The van der Waals surface area contributed by atoms with Gasteiger partial charge in [-0.25, -0.2) is 0 Å². The van der Waals surface area contributed by atoms with Crippen LogP contribution < -0.4 is 15.4 Å². The summed E-state index contributed by atoms with van der Waals surface area (Å²) < 4.78 is 11.1. The summed E-state index contributed by atoms with van der Waals surface area (Å²) in [7, 11) is 0. The number of benzene rings is 3. The lowest BCUT2D eigenvalue weighted by atomic mass is 10.1. The largest absolute Gasteiger partial charge is 0.494 e. The quantitative estimate of drug-likeness (QED) is 0.296. The Hall–Kier alpha value is -4.66. The van der Waals surface area contributed by atoms with Crippen LogP contribution in [0.15, 0.2) is 77.2 Å². The molecule has 0 spiro atoms. The van der Waals surface area contributed by atoms with E-state index < -0.39 is 16.7 Å². The number of carbonyl (C=O) groups is 2. The molecule has 1 aromatic heterocycles. The van der Waals surface area contributed by atoms with E-state index in [1.807, 2.05) is 6.92 Å². The average Bonchev–Trinajstić information content (AvgIpc) is 3.19. The zero-order valence-electron chi connectivity index (χ0n) is 17.5. The number of nitro benzene ring substituents is 1. The van der Waals surface area contributed by atoms with E-state index in [1.54, 1.807) is 48.5 Å². The Bertz CT molecular complexity index is 1340. The molecule has 0 fully saturated rings. The van der Waals surface area contributed by atoms with Gasteiger partial charge in [0.2, 0.25) is 5.76 Å². The van der Waals surface area contributed by atoms with Crippen molar-refractivity contribution >= 4 is 39.8 Å². The fourth-order valence-corrected chi connectivity index (χ4v) is 3.26. The number of nitrogens with zero attached hydrogens (tertiary/aromatic N) is 1. The first-order valence-electron chi connectivity index (χ1n) is 10.1. The molecule has 1 heterocycles. The highest BCUT2D eigenvalue weighted by molar-refractivity contribution is 6.17. The zero-order valence-corrected chi connectivity index (χ0v) is 17.5. The maximum Gasteiger partial charge on any atom is 0.293 e. The smallest absolute Gasteiger partial charge is 0.293 e. The minimum Gasteiger partial charge on any atom is -0.494 e. The Morgan fingerprint density at radius 3 is 2.45 bits per heavy atom. The molecule has 166 valence electrons. The van der Waals surface area contributed by atoms with E-state index in [0.29, 0.717) is 29.0 Å². The number of carbonyl (C=O) groups excluding carboxylic acids is 2. The van der Waals surface area contributed by atoms with Gasteiger partial charge in [0.05, 0.1) is 11.5 Å². The van der Waals surface area contributed by atoms with Crippen molar-refractivity contribution in [2.75, 3.05) is 17.2 Å². The van der Waals surface area contributed by atoms with Crippen molar-refractivity contribution in [2.45, 2.75) is 6.92 Å². The first-order valence-corrected chi connectivity index (χ1v) is 10.1. The molecule has 0 unspecified atom stereocenters. The third kappa shape index (κ3) is 4.67. The minimum absolute atomic E-state index is 0.0763. The van der Waals surface area contributed by atoms with Gasteiger partial charge in [0.15, 0.2) is 0 Å². The molecule has 3 aromatic carbocycles. The molecule has 0 aliphatic heterocycles. The monoisotopic (exact) mass is 445 g/mol. The van der Waals surface area contributed by atoms with Crippen LogP contribution in [0.2, 0.25) is 0 Å². The Kier molecular flexibility index (Phi) is 6.03. The summed E-state index contributed by atoms with van der Waals surface area (Å²) in [5.74, 6) is -0.599. The number of hydrogen-bond acceptors (Lipinski definition) is 6. The maximum atomic E-state index is 13.0. The molecule has 0 aliphatic rings. The predicted molar refractivity (Wildman–Crippen MR) is 123 cm³/mol. The van der Waals surface area contributed by atoms with E-state index in [0.717, 1.165) is 6.07 Å². The van der Waals surface area contributed by atoms with Crippen molar-refractivity contribution in [2.24, 2.45) is 0 Å². The fraction of sp³-hybridized carbons (Fsp3) is 0.0833. The molecule has 0 saturated heterocycles. The number of fused-ring (bicyclic) bond motifs is 1. The highest BCUT2D eigenvalue weighted by atomic mass is 16.6. The van der Waals surface area contributed by atoms with Crippen molar-refractivity contribution in [3.63, 3.8) is 0 Å². The van der Waals surface area contributed by atoms with Crippen molar-refractivity contribution < 1.29 is 23.7 Å². The Morgan fingerprint density at radius 1 is 0.970 bits per heavy atom.